The molecule has 2 heterocycles. The molecular weight excluding hydrogens is 374 g/mol. The van der Waals surface area contributed by atoms with Crippen LogP contribution in [-0.2, 0) is 10.0 Å². The van der Waals surface area contributed by atoms with Gasteiger partial charge >= 0.3 is 0 Å². The molecule has 1 aromatic rings. The van der Waals surface area contributed by atoms with Crippen LogP contribution in [0.1, 0.15) is 42.5 Å². The summed E-state index contributed by atoms with van der Waals surface area (Å²) in [5.41, 5.74) is 0.466. The van der Waals surface area contributed by atoms with Crippen LogP contribution >= 0.6 is 12.4 Å². The van der Waals surface area contributed by atoms with Crippen LogP contribution in [0.4, 0.5) is 0 Å². The summed E-state index contributed by atoms with van der Waals surface area (Å²) in [4.78, 5) is 15.2. The zero-order valence-electron chi connectivity index (χ0n) is 14.7. The third-order valence-electron chi connectivity index (χ3n) is 5.54. The van der Waals surface area contributed by atoms with E-state index in [-0.39, 0.29) is 35.3 Å². The van der Waals surface area contributed by atoms with Gasteiger partial charge < -0.3 is 10.2 Å². The first-order chi connectivity index (χ1) is 12.0. The minimum Gasteiger partial charge on any atom is -0.331 e. The van der Waals surface area contributed by atoms with Crippen LogP contribution in [0, 0.1) is 5.92 Å². The van der Waals surface area contributed by atoms with Gasteiger partial charge in [0, 0.05) is 30.7 Å². The summed E-state index contributed by atoms with van der Waals surface area (Å²) >= 11 is 0. The maximum atomic E-state index is 13.1. The number of halogens is 1. The molecule has 0 aromatic heterocycles. The highest BCUT2D eigenvalue weighted by Gasteiger charge is 2.38. The van der Waals surface area contributed by atoms with Crippen LogP contribution < -0.4 is 10.0 Å². The predicted molar refractivity (Wildman–Crippen MR) is 102 cm³/mol. The van der Waals surface area contributed by atoms with Gasteiger partial charge in [-0.25, -0.2) is 13.1 Å². The molecular formula is C18H26ClN3O3S. The number of amides is 1. The van der Waals surface area contributed by atoms with E-state index in [9.17, 15) is 13.2 Å². The fourth-order valence-electron chi connectivity index (χ4n) is 3.89. The second-order valence-electron chi connectivity index (χ2n) is 7.41. The largest absolute Gasteiger partial charge is 0.331 e. The SMILES string of the molecule is Cl.O=C(c1cccc(S(=O)(=O)NCC2CC2)c1)N1C2CCNCC1CC2. The fraction of sp³-hybridized carbons (Fsp3) is 0.611. The summed E-state index contributed by atoms with van der Waals surface area (Å²) < 4.78 is 27.6. The van der Waals surface area contributed by atoms with Crippen LogP contribution in [0.2, 0.25) is 0 Å². The van der Waals surface area contributed by atoms with Crippen molar-refractivity contribution in [2.24, 2.45) is 5.92 Å². The van der Waals surface area contributed by atoms with Crippen molar-refractivity contribution in [1.29, 1.82) is 0 Å². The highest BCUT2D eigenvalue weighted by atomic mass is 35.5. The molecule has 2 bridgehead atoms. The van der Waals surface area contributed by atoms with Crippen LogP contribution in [-0.4, -0.2) is 50.9 Å². The zero-order valence-corrected chi connectivity index (χ0v) is 16.3. The summed E-state index contributed by atoms with van der Waals surface area (Å²) in [6.45, 7) is 2.25. The molecule has 3 aliphatic rings. The van der Waals surface area contributed by atoms with Gasteiger partial charge in [-0.3, -0.25) is 4.79 Å². The predicted octanol–water partition coefficient (Wildman–Crippen LogP) is 1.76. The van der Waals surface area contributed by atoms with Crippen LogP contribution in [0.25, 0.3) is 0 Å². The topological polar surface area (TPSA) is 78.5 Å². The molecule has 1 saturated carbocycles. The lowest BCUT2D eigenvalue weighted by Crippen LogP contribution is -2.42. The number of nitrogens with one attached hydrogen (secondary N) is 2. The second kappa shape index (κ2) is 7.84. The number of carbonyl (C=O) groups is 1. The van der Waals surface area contributed by atoms with E-state index in [0.717, 1.165) is 45.2 Å². The van der Waals surface area contributed by atoms with E-state index in [0.29, 0.717) is 18.0 Å². The van der Waals surface area contributed by atoms with Crippen LogP contribution in [0.3, 0.4) is 0 Å². The fourth-order valence-corrected chi connectivity index (χ4v) is 5.05. The van der Waals surface area contributed by atoms with E-state index in [1.165, 1.54) is 6.07 Å². The molecule has 26 heavy (non-hydrogen) atoms. The number of sulfonamides is 1. The Hall–Kier alpha value is -1.15. The molecule has 2 aliphatic heterocycles. The van der Waals surface area contributed by atoms with E-state index in [2.05, 4.69) is 10.0 Å². The van der Waals surface area contributed by atoms with Crippen molar-refractivity contribution in [3.05, 3.63) is 29.8 Å². The quantitative estimate of drug-likeness (QED) is 0.790. The molecule has 1 aliphatic carbocycles. The molecule has 6 nitrogen and oxygen atoms in total. The van der Waals surface area contributed by atoms with E-state index in [4.69, 9.17) is 0 Å². The first-order valence-electron chi connectivity index (χ1n) is 9.18. The van der Waals surface area contributed by atoms with E-state index in [1.54, 1.807) is 18.2 Å². The number of carbonyl (C=O) groups excluding carboxylic acids is 1. The summed E-state index contributed by atoms with van der Waals surface area (Å²) in [5.74, 6) is 0.426. The van der Waals surface area contributed by atoms with Crippen molar-refractivity contribution < 1.29 is 13.2 Å². The van der Waals surface area contributed by atoms with Crippen molar-refractivity contribution in [2.75, 3.05) is 19.6 Å². The highest BCUT2D eigenvalue weighted by Crippen LogP contribution is 2.30. The number of nitrogens with zero attached hydrogens (tertiary/aromatic N) is 1. The van der Waals surface area contributed by atoms with Crippen molar-refractivity contribution in [3.8, 4) is 0 Å². The first-order valence-corrected chi connectivity index (χ1v) is 10.7. The average molecular weight is 400 g/mol. The molecule has 2 atom stereocenters. The van der Waals surface area contributed by atoms with E-state index < -0.39 is 10.0 Å². The Kier molecular flexibility index (Phi) is 5.91. The smallest absolute Gasteiger partial charge is 0.254 e. The number of rotatable bonds is 5. The van der Waals surface area contributed by atoms with Crippen molar-refractivity contribution in [1.82, 2.24) is 14.9 Å². The summed E-state index contributed by atoms with van der Waals surface area (Å²) in [7, 11) is -3.55. The Morgan fingerprint density at radius 2 is 1.92 bits per heavy atom. The van der Waals surface area contributed by atoms with Gasteiger partial charge in [0.2, 0.25) is 10.0 Å². The normalized spacial score (nSPS) is 25.5. The van der Waals surface area contributed by atoms with Gasteiger partial charge in [0.05, 0.1) is 4.90 Å². The molecule has 3 fully saturated rings. The average Bonchev–Trinajstić information content (AvgIpc) is 3.37. The van der Waals surface area contributed by atoms with Gasteiger partial charge in [0.25, 0.3) is 5.91 Å². The first kappa shape index (κ1) is 19.6. The molecule has 2 N–H and O–H groups in total. The van der Waals surface area contributed by atoms with Gasteiger partial charge in [0.15, 0.2) is 0 Å². The lowest BCUT2D eigenvalue weighted by molar-refractivity contribution is 0.0680. The molecule has 0 spiro atoms. The minimum absolute atomic E-state index is 0. The van der Waals surface area contributed by atoms with Gasteiger partial charge in [-0.2, -0.15) is 0 Å². The third kappa shape index (κ3) is 4.06. The number of fused-ring (bicyclic) bond motifs is 2. The lowest BCUT2D eigenvalue weighted by atomic mass is 10.1. The van der Waals surface area contributed by atoms with Gasteiger partial charge in [0.1, 0.15) is 0 Å². The van der Waals surface area contributed by atoms with Gasteiger partial charge in [-0.05, 0) is 62.8 Å². The van der Waals surface area contributed by atoms with Crippen molar-refractivity contribution >= 4 is 28.3 Å². The van der Waals surface area contributed by atoms with Crippen LogP contribution in [0.15, 0.2) is 29.2 Å². The summed E-state index contributed by atoms with van der Waals surface area (Å²) in [6, 6.07) is 6.95. The Balaban J connectivity index is 0.00000196. The Bertz CT molecular complexity index is 753. The van der Waals surface area contributed by atoms with Crippen molar-refractivity contribution in [2.45, 2.75) is 49.1 Å². The standard InChI is InChI=1S/C18H25N3O3S.ClH/c22-18(21-15-6-7-16(21)12-19-9-8-15)14-2-1-3-17(10-14)25(23,24)20-11-13-4-5-13;/h1-3,10,13,15-16,19-20H,4-9,11-12H2;1H. The van der Waals surface area contributed by atoms with Gasteiger partial charge in [-0.1, -0.05) is 6.07 Å². The Morgan fingerprint density at radius 1 is 1.15 bits per heavy atom. The zero-order chi connectivity index (χ0) is 17.4. The Labute approximate surface area is 161 Å². The molecule has 2 saturated heterocycles. The monoisotopic (exact) mass is 399 g/mol. The van der Waals surface area contributed by atoms with Crippen LogP contribution in [0.5, 0.6) is 0 Å². The molecule has 8 heteroatoms. The second-order valence-corrected chi connectivity index (χ2v) is 9.18. The maximum Gasteiger partial charge on any atom is 0.254 e. The number of benzene rings is 1. The highest BCUT2D eigenvalue weighted by molar-refractivity contribution is 7.89. The number of hydrogen-bond donors (Lipinski definition) is 2. The molecule has 144 valence electrons. The molecule has 1 aromatic carbocycles. The Morgan fingerprint density at radius 3 is 2.69 bits per heavy atom. The van der Waals surface area contributed by atoms with E-state index >= 15 is 0 Å². The minimum atomic E-state index is -3.55. The molecule has 1 amide bonds. The lowest BCUT2D eigenvalue weighted by Gasteiger charge is -2.28. The van der Waals surface area contributed by atoms with E-state index in [1.807, 2.05) is 4.90 Å². The van der Waals surface area contributed by atoms with Gasteiger partial charge in [-0.15, -0.1) is 12.4 Å². The number of hydrogen-bond acceptors (Lipinski definition) is 4. The molecule has 4 rings (SSSR count). The summed E-state index contributed by atoms with van der Waals surface area (Å²) in [6.07, 6.45) is 5.20. The maximum absolute atomic E-state index is 13.1. The summed E-state index contributed by atoms with van der Waals surface area (Å²) in [5, 5.41) is 3.38. The van der Waals surface area contributed by atoms with Crippen molar-refractivity contribution in [3.63, 3.8) is 0 Å². The third-order valence-corrected chi connectivity index (χ3v) is 6.96. The molecule has 0 radical (unpaired) electrons. The molecule has 2 unspecified atom stereocenters.